The van der Waals surface area contributed by atoms with Crippen LogP contribution >= 0.6 is 0 Å². The third-order valence-electron chi connectivity index (χ3n) is 3.94. The van der Waals surface area contributed by atoms with E-state index in [0.717, 1.165) is 0 Å². The lowest BCUT2D eigenvalue weighted by molar-refractivity contribution is -0.148. The maximum Gasteiger partial charge on any atom is 0.323 e. The van der Waals surface area contributed by atoms with Gasteiger partial charge >= 0.3 is 5.97 Å². The molecule has 1 N–H and O–H groups in total. The third-order valence-corrected chi connectivity index (χ3v) is 3.94. The maximum atomic E-state index is 13.3. The molecular weight excluding hydrogens is 289 g/mol. The first-order valence-corrected chi connectivity index (χ1v) is 7.34. The number of rotatable bonds is 5. The van der Waals surface area contributed by atoms with Gasteiger partial charge in [0.2, 0.25) is 5.91 Å². The van der Waals surface area contributed by atoms with Crippen molar-refractivity contribution in [2.24, 2.45) is 0 Å². The molecule has 0 unspecified atom stereocenters. The lowest BCUT2D eigenvalue weighted by Crippen LogP contribution is -2.47. The second-order valence-corrected chi connectivity index (χ2v) is 5.48. The number of carboxylic acid groups (broad SMARTS) is 1. The van der Waals surface area contributed by atoms with E-state index in [1.54, 1.807) is 19.1 Å². The molecule has 22 heavy (non-hydrogen) atoms. The molecule has 1 heterocycles. The van der Waals surface area contributed by atoms with Gasteiger partial charge in [-0.3, -0.25) is 9.59 Å². The fourth-order valence-electron chi connectivity index (χ4n) is 2.70. The highest BCUT2D eigenvalue weighted by molar-refractivity contribution is 5.86. The molecule has 0 saturated carbocycles. The molecule has 1 aromatic carbocycles. The number of aliphatic carboxylic acids is 1. The monoisotopic (exact) mass is 309 g/mol. The molecule has 1 aromatic rings. The van der Waals surface area contributed by atoms with E-state index in [1.165, 1.54) is 17.0 Å². The number of ether oxygens (including phenoxy) is 1. The molecule has 1 saturated heterocycles. The lowest BCUT2D eigenvalue weighted by Gasteiger charge is -2.35. The standard InChI is InChI=1S/C16H20FNO4/c1-11(12-3-2-4-13(17)9-12)16(21)18(10-15(19)20)14-5-7-22-8-6-14/h2-4,9,11,14H,5-8,10H2,1H3,(H,19,20)/t11-/m1/s1. The zero-order valence-electron chi connectivity index (χ0n) is 12.5. The van der Waals surface area contributed by atoms with Gasteiger partial charge in [0.15, 0.2) is 0 Å². The SMILES string of the molecule is C[C@@H](C(=O)N(CC(=O)O)C1CCOCC1)c1cccc(F)c1. The minimum Gasteiger partial charge on any atom is -0.480 e. The Morgan fingerprint density at radius 2 is 2.09 bits per heavy atom. The van der Waals surface area contributed by atoms with E-state index < -0.39 is 17.7 Å². The van der Waals surface area contributed by atoms with Gasteiger partial charge in [-0.25, -0.2) is 4.39 Å². The summed E-state index contributed by atoms with van der Waals surface area (Å²) in [5.41, 5.74) is 0.549. The van der Waals surface area contributed by atoms with Gasteiger partial charge in [0.1, 0.15) is 12.4 Å². The first-order valence-electron chi connectivity index (χ1n) is 7.34. The Morgan fingerprint density at radius 1 is 1.41 bits per heavy atom. The number of halogens is 1. The van der Waals surface area contributed by atoms with Gasteiger partial charge in [-0.2, -0.15) is 0 Å². The normalized spacial score (nSPS) is 17.0. The van der Waals surface area contributed by atoms with Crippen molar-refractivity contribution in [3.8, 4) is 0 Å². The molecule has 0 radical (unpaired) electrons. The molecule has 5 nitrogen and oxygen atoms in total. The summed E-state index contributed by atoms with van der Waals surface area (Å²) in [4.78, 5) is 25.2. The van der Waals surface area contributed by atoms with Crippen molar-refractivity contribution < 1.29 is 23.8 Å². The minimum absolute atomic E-state index is 0.145. The van der Waals surface area contributed by atoms with Crippen LogP contribution in [0.1, 0.15) is 31.2 Å². The third kappa shape index (κ3) is 4.04. The largest absolute Gasteiger partial charge is 0.480 e. The zero-order chi connectivity index (χ0) is 16.1. The van der Waals surface area contributed by atoms with Crippen molar-refractivity contribution in [3.05, 3.63) is 35.6 Å². The van der Waals surface area contributed by atoms with E-state index in [1.807, 2.05) is 0 Å². The highest BCUT2D eigenvalue weighted by Gasteiger charge is 2.31. The summed E-state index contributed by atoms with van der Waals surface area (Å²) in [6, 6.07) is 5.70. The number of carbonyl (C=O) groups excluding carboxylic acids is 1. The molecule has 0 aliphatic carbocycles. The molecule has 0 bridgehead atoms. The molecule has 120 valence electrons. The molecule has 6 heteroatoms. The number of benzene rings is 1. The zero-order valence-corrected chi connectivity index (χ0v) is 12.5. The van der Waals surface area contributed by atoms with E-state index in [0.29, 0.717) is 31.6 Å². The van der Waals surface area contributed by atoms with E-state index >= 15 is 0 Å². The van der Waals surface area contributed by atoms with Crippen molar-refractivity contribution in [2.75, 3.05) is 19.8 Å². The summed E-state index contributed by atoms with van der Waals surface area (Å²) in [7, 11) is 0. The van der Waals surface area contributed by atoms with Crippen molar-refractivity contribution in [3.63, 3.8) is 0 Å². The highest BCUT2D eigenvalue weighted by Crippen LogP contribution is 2.23. The van der Waals surface area contributed by atoms with Crippen LogP contribution in [0.3, 0.4) is 0 Å². The summed E-state index contributed by atoms with van der Waals surface area (Å²) in [5.74, 6) is -2.34. The molecule has 1 aliphatic rings. The van der Waals surface area contributed by atoms with E-state index in [9.17, 15) is 14.0 Å². The first-order chi connectivity index (χ1) is 10.5. The minimum atomic E-state index is -1.05. The van der Waals surface area contributed by atoms with Crippen LogP contribution in [0.2, 0.25) is 0 Å². The summed E-state index contributed by atoms with van der Waals surface area (Å²) in [6.45, 7) is 2.36. The van der Waals surface area contributed by atoms with Gasteiger partial charge in [0.25, 0.3) is 0 Å². The molecule has 1 fully saturated rings. The average Bonchev–Trinajstić information content (AvgIpc) is 2.52. The van der Waals surface area contributed by atoms with Crippen molar-refractivity contribution in [2.45, 2.75) is 31.7 Å². The van der Waals surface area contributed by atoms with Gasteiger partial charge < -0.3 is 14.7 Å². The summed E-state index contributed by atoms with van der Waals surface area (Å²) < 4.78 is 18.6. The number of carbonyl (C=O) groups is 2. The number of hydrogen-bond donors (Lipinski definition) is 1. The first kappa shape index (κ1) is 16.4. The Kier molecular flexibility index (Phi) is 5.49. The smallest absolute Gasteiger partial charge is 0.323 e. The van der Waals surface area contributed by atoms with Crippen LogP contribution in [0, 0.1) is 5.82 Å². The van der Waals surface area contributed by atoms with Gasteiger partial charge in [0, 0.05) is 19.3 Å². The van der Waals surface area contributed by atoms with Gasteiger partial charge in [0.05, 0.1) is 5.92 Å². The van der Waals surface area contributed by atoms with Crippen LogP contribution in [0.25, 0.3) is 0 Å². The van der Waals surface area contributed by atoms with Crippen LogP contribution in [0.15, 0.2) is 24.3 Å². The van der Waals surface area contributed by atoms with Gasteiger partial charge in [-0.15, -0.1) is 0 Å². The summed E-state index contributed by atoms with van der Waals surface area (Å²) >= 11 is 0. The topological polar surface area (TPSA) is 66.8 Å². The van der Waals surface area contributed by atoms with Crippen molar-refractivity contribution >= 4 is 11.9 Å². The van der Waals surface area contributed by atoms with E-state index in [2.05, 4.69) is 0 Å². The second-order valence-electron chi connectivity index (χ2n) is 5.48. The van der Waals surface area contributed by atoms with Crippen LogP contribution in [0.4, 0.5) is 4.39 Å². The maximum absolute atomic E-state index is 13.3. The molecule has 2 rings (SSSR count). The number of nitrogens with zero attached hydrogens (tertiary/aromatic N) is 1. The molecule has 1 aliphatic heterocycles. The number of amides is 1. The van der Waals surface area contributed by atoms with Crippen LogP contribution < -0.4 is 0 Å². The number of carboxylic acids is 1. The highest BCUT2D eigenvalue weighted by atomic mass is 19.1. The predicted octanol–water partition coefficient (Wildman–Crippen LogP) is 2.02. The molecule has 0 aromatic heterocycles. The quantitative estimate of drug-likeness (QED) is 0.903. The van der Waals surface area contributed by atoms with Crippen molar-refractivity contribution in [1.29, 1.82) is 0 Å². The Bertz CT molecular complexity index is 543. The van der Waals surface area contributed by atoms with Crippen LogP contribution in [0.5, 0.6) is 0 Å². The van der Waals surface area contributed by atoms with Crippen molar-refractivity contribution in [1.82, 2.24) is 4.90 Å². The Balaban J connectivity index is 2.18. The van der Waals surface area contributed by atoms with Gasteiger partial charge in [-0.05, 0) is 37.5 Å². The predicted molar refractivity (Wildman–Crippen MR) is 78.0 cm³/mol. The average molecular weight is 309 g/mol. The molecule has 0 spiro atoms. The van der Waals surface area contributed by atoms with Crippen LogP contribution in [-0.4, -0.2) is 47.7 Å². The Labute approximate surface area is 128 Å². The fraction of sp³-hybridized carbons (Fsp3) is 0.500. The summed E-state index contributed by atoms with van der Waals surface area (Å²) in [5, 5.41) is 9.07. The Morgan fingerprint density at radius 3 is 2.68 bits per heavy atom. The molecule has 1 amide bonds. The van der Waals surface area contributed by atoms with Crippen LogP contribution in [-0.2, 0) is 14.3 Å². The fourth-order valence-corrected chi connectivity index (χ4v) is 2.70. The Hall–Kier alpha value is -1.95. The number of hydrogen-bond acceptors (Lipinski definition) is 3. The summed E-state index contributed by atoms with van der Waals surface area (Å²) in [6.07, 6.45) is 1.24. The second kappa shape index (κ2) is 7.35. The molecular formula is C16H20FNO4. The molecule has 1 atom stereocenters. The van der Waals surface area contributed by atoms with E-state index in [-0.39, 0.29) is 18.5 Å². The van der Waals surface area contributed by atoms with Gasteiger partial charge in [-0.1, -0.05) is 12.1 Å². The lowest BCUT2D eigenvalue weighted by atomic mass is 9.97. The van der Waals surface area contributed by atoms with E-state index in [4.69, 9.17) is 9.84 Å².